The van der Waals surface area contributed by atoms with Crippen LogP contribution >= 0.6 is 46.4 Å². The Bertz CT molecular complexity index is 849. The number of aromatic nitrogens is 4. The fourth-order valence-corrected chi connectivity index (χ4v) is 2.74. The monoisotopic (exact) mass is 387 g/mol. The first kappa shape index (κ1) is 16.3. The summed E-state index contributed by atoms with van der Waals surface area (Å²) >= 11 is 24.4. The molecule has 0 saturated heterocycles. The van der Waals surface area contributed by atoms with Gasteiger partial charge in [0.25, 0.3) is 0 Å². The molecule has 0 bridgehead atoms. The molecular weight excluding hydrogens is 380 g/mol. The second kappa shape index (κ2) is 6.93. The van der Waals surface area contributed by atoms with E-state index >= 15 is 0 Å². The van der Waals surface area contributed by atoms with Gasteiger partial charge >= 0.3 is 0 Å². The lowest BCUT2D eigenvalue weighted by atomic mass is 10.2. The zero-order valence-corrected chi connectivity index (χ0v) is 14.5. The zero-order chi connectivity index (χ0) is 16.4. The second-order valence-corrected chi connectivity index (χ2v) is 6.12. The summed E-state index contributed by atoms with van der Waals surface area (Å²) in [5, 5.41) is 16.4. The van der Waals surface area contributed by atoms with Gasteiger partial charge in [-0.2, -0.15) is 4.68 Å². The van der Waals surface area contributed by atoms with Crippen molar-refractivity contribution in [3.8, 4) is 5.69 Å². The fourth-order valence-electron chi connectivity index (χ4n) is 1.97. The van der Waals surface area contributed by atoms with Crippen LogP contribution in [0.25, 0.3) is 5.69 Å². The van der Waals surface area contributed by atoms with E-state index < -0.39 is 0 Å². The quantitative estimate of drug-likeness (QED) is 0.691. The Morgan fingerprint density at radius 3 is 2.39 bits per heavy atom. The normalized spacial score (nSPS) is 10.8. The Morgan fingerprint density at radius 2 is 1.61 bits per heavy atom. The number of hydrogen-bond donors (Lipinski definition) is 1. The molecule has 3 rings (SSSR count). The molecular formula is C14H9Cl4N5. The van der Waals surface area contributed by atoms with Crippen molar-refractivity contribution in [2.75, 3.05) is 5.32 Å². The molecule has 1 N–H and O–H groups in total. The third kappa shape index (κ3) is 3.38. The minimum absolute atomic E-state index is 0.366. The highest BCUT2D eigenvalue weighted by Crippen LogP contribution is 2.30. The molecule has 3 aromatic rings. The standard InChI is InChI=1S/C14H9Cl4N5/c15-9-4-1-3-8(12(9)17)7-19-14-20-21-22-23(14)11-6-2-5-10(16)13(11)18/h1-6H,7H2,(H,19,20,22). The van der Waals surface area contributed by atoms with Crippen LogP contribution < -0.4 is 5.32 Å². The molecule has 0 atom stereocenters. The van der Waals surface area contributed by atoms with Crippen LogP contribution in [-0.4, -0.2) is 20.2 Å². The van der Waals surface area contributed by atoms with Gasteiger partial charge in [0.2, 0.25) is 5.95 Å². The van der Waals surface area contributed by atoms with Gasteiger partial charge in [-0.15, -0.1) is 0 Å². The van der Waals surface area contributed by atoms with Crippen molar-refractivity contribution in [1.29, 1.82) is 0 Å². The van der Waals surface area contributed by atoms with E-state index in [0.29, 0.717) is 38.3 Å². The van der Waals surface area contributed by atoms with Gasteiger partial charge < -0.3 is 5.32 Å². The summed E-state index contributed by atoms with van der Waals surface area (Å²) in [6.07, 6.45) is 0. The van der Waals surface area contributed by atoms with E-state index in [2.05, 4.69) is 20.8 Å². The molecule has 0 aliphatic heterocycles. The lowest BCUT2D eigenvalue weighted by Gasteiger charge is -2.10. The van der Waals surface area contributed by atoms with Gasteiger partial charge in [0, 0.05) is 6.54 Å². The van der Waals surface area contributed by atoms with Crippen LogP contribution in [0, 0.1) is 0 Å². The lowest BCUT2D eigenvalue weighted by molar-refractivity contribution is 0.789. The number of anilines is 1. The topological polar surface area (TPSA) is 55.6 Å². The summed E-state index contributed by atoms with van der Waals surface area (Å²) in [7, 11) is 0. The SMILES string of the molecule is Clc1cccc(CNc2nnnn2-c2cccc(Cl)c2Cl)c1Cl. The Kier molecular flexibility index (Phi) is 4.92. The van der Waals surface area contributed by atoms with Gasteiger partial charge in [0.15, 0.2) is 0 Å². The van der Waals surface area contributed by atoms with E-state index in [9.17, 15) is 0 Å². The van der Waals surface area contributed by atoms with Crippen molar-refractivity contribution >= 4 is 52.4 Å². The fraction of sp³-hybridized carbons (Fsp3) is 0.0714. The Balaban J connectivity index is 1.87. The number of nitrogens with zero attached hydrogens (tertiary/aromatic N) is 4. The number of hydrogen-bond acceptors (Lipinski definition) is 4. The number of nitrogens with one attached hydrogen (secondary N) is 1. The summed E-state index contributed by atoms with van der Waals surface area (Å²) < 4.78 is 1.46. The Hall–Kier alpha value is -1.53. The van der Waals surface area contributed by atoms with Crippen molar-refractivity contribution < 1.29 is 0 Å². The van der Waals surface area contributed by atoms with Crippen LogP contribution in [0.4, 0.5) is 5.95 Å². The molecule has 0 fully saturated rings. The molecule has 0 unspecified atom stereocenters. The van der Waals surface area contributed by atoms with Crippen molar-refractivity contribution in [2.45, 2.75) is 6.54 Å². The molecule has 0 aliphatic carbocycles. The first-order valence-electron chi connectivity index (χ1n) is 6.47. The summed E-state index contributed by atoms with van der Waals surface area (Å²) in [6, 6.07) is 10.6. The van der Waals surface area contributed by atoms with E-state index in [1.54, 1.807) is 24.3 Å². The molecule has 0 radical (unpaired) electrons. The number of halogens is 4. The molecule has 118 valence electrons. The van der Waals surface area contributed by atoms with Gasteiger partial charge in [-0.25, -0.2) is 0 Å². The molecule has 9 heteroatoms. The van der Waals surface area contributed by atoms with E-state index in [4.69, 9.17) is 46.4 Å². The molecule has 23 heavy (non-hydrogen) atoms. The average molecular weight is 389 g/mol. The maximum Gasteiger partial charge on any atom is 0.248 e. The van der Waals surface area contributed by atoms with Crippen molar-refractivity contribution in [3.63, 3.8) is 0 Å². The van der Waals surface area contributed by atoms with E-state index in [1.807, 2.05) is 12.1 Å². The highest BCUT2D eigenvalue weighted by atomic mass is 35.5. The summed E-state index contributed by atoms with van der Waals surface area (Å²) in [5.74, 6) is 0.408. The summed E-state index contributed by atoms with van der Waals surface area (Å²) in [5.41, 5.74) is 1.40. The molecule has 1 aromatic heterocycles. The average Bonchev–Trinajstić information content (AvgIpc) is 3.00. The van der Waals surface area contributed by atoms with Crippen LogP contribution in [0.3, 0.4) is 0 Å². The Labute approximate surface area is 152 Å². The first-order chi connectivity index (χ1) is 11.1. The van der Waals surface area contributed by atoms with Gasteiger partial charge in [-0.1, -0.05) is 69.7 Å². The number of benzene rings is 2. The van der Waals surface area contributed by atoms with Crippen LogP contribution in [0.5, 0.6) is 0 Å². The number of tetrazole rings is 1. The molecule has 2 aromatic carbocycles. The minimum Gasteiger partial charge on any atom is -0.349 e. The van der Waals surface area contributed by atoms with Crippen molar-refractivity contribution in [2.24, 2.45) is 0 Å². The zero-order valence-electron chi connectivity index (χ0n) is 11.5. The van der Waals surface area contributed by atoms with Crippen LogP contribution in [0.1, 0.15) is 5.56 Å². The van der Waals surface area contributed by atoms with Crippen molar-refractivity contribution in [3.05, 3.63) is 62.1 Å². The summed E-state index contributed by atoms with van der Waals surface area (Å²) in [6.45, 7) is 0.401. The van der Waals surface area contributed by atoms with E-state index in [0.717, 1.165) is 5.56 Å². The highest BCUT2D eigenvalue weighted by molar-refractivity contribution is 6.43. The van der Waals surface area contributed by atoms with Gasteiger partial charge in [0.05, 0.1) is 25.8 Å². The third-order valence-electron chi connectivity index (χ3n) is 3.10. The smallest absolute Gasteiger partial charge is 0.248 e. The molecule has 0 saturated carbocycles. The van der Waals surface area contributed by atoms with Gasteiger partial charge in [-0.3, -0.25) is 0 Å². The van der Waals surface area contributed by atoms with Crippen molar-refractivity contribution in [1.82, 2.24) is 20.2 Å². The molecule has 0 amide bonds. The molecule has 0 aliphatic rings. The molecule has 0 spiro atoms. The Morgan fingerprint density at radius 1 is 0.913 bits per heavy atom. The van der Waals surface area contributed by atoms with E-state index in [1.165, 1.54) is 4.68 Å². The van der Waals surface area contributed by atoms with Crippen LogP contribution in [0.15, 0.2) is 36.4 Å². The molecule has 5 nitrogen and oxygen atoms in total. The summed E-state index contributed by atoms with van der Waals surface area (Å²) in [4.78, 5) is 0. The predicted octanol–water partition coefficient (Wildman–Crippen LogP) is 4.89. The highest BCUT2D eigenvalue weighted by Gasteiger charge is 2.13. The maximum atomic E-state index is 6.21. The van der Waals surface area contributed by atoms with E-state index in [-0.39, 0.29) is 0 Å². The largest absolute Gasteiger partial charge is 0.349 e. The van der Waals surface area contributed by atoms with Crippen LogP contribution in [0.2, 0.25) is 20.1 Å². The first-order valence-corrected chi connectivity index (χ1v) is 7.98. The second-order valence-electron chi connectivity index (χ2n) is 4.55. The maximum absolute atomic E-state index is 6.21. The van der Waals surface area contributed by atoms with Crippen LogP contribution in [-0.2, 0) is 6.54 Å². The molecule has 1 heterocycles. The lowest BCUT2D eigenvalue weighted by Crippen LogP contribution is -2.08. The van der Waals surface area contributed by atoms with Gasteiger partial charge in [0.1, 0.15) is 0 Å². The minimum atomic E-state index is 0.366. The predicted molar refractivity (Wildman–Crippen MR) is 93.0 cm³/mol. The van der Waals surface area contributed by atoms with Gasteiger partial charge in [-0.05, 0) is 34.2 Å². The third-order valence-corrected chi connectivity index (χ3v) is 4.76. The number of rotatable bonds is 4.